The minimum absolute atomic E-state index is 0.110. The van der Waals surface area contributed by atoms with Gasteiger partial charge in [-0.2, -0.15) is 5.10 Å². The van der Waals surface area contributed by atoms with Crippen molar-refractivity contribution in [3.05, 3.63) is 45.9 Å². The van der Waals surface area contributed by atoms with E-state index in [1.54, 1.807) is 0 Å². The maximum Gasteiger partial charge on any atom is 0.226 e. The molecule has 0 saturated heterocycles. The first-order valence-corrected chi connectivity index (χ1v) is 9.98. The summed E-state index contributed by atoms with van der Waals surface area (Å²) in [6.07, 6.45) is 0.213. The van der Waals surface area contributed by atoms with Gasteiger partial charge in [0, 0.05) is 11.9 Å². The van der Waals surface area contributed by atoms with E-state index in [1.807, 2.05) is 48.1 Å². The fourth-order valence-electron chi connectivity index (χ4n) is 2.65. The van der Waals surface area contributed by atoms with E-state index < -0.39 is 0 Å². The van der Waals surface area contributed by atoms with Gasteiger partial charge in [0.1, 0.15) is 10.8 Å². The Kier molecular flexibility index (Phi) is 6.36. The number of thiazole rings is 1. The van der Waals surface area contributed by atoms with Crippen molar-refractivity contribution in [2.45, 2.75) is 33.4 Å². The number of H-pyrrole nitrogens is 1. The van der Waals surface area contributed by atoms with E-state index in [2.05, 4.69) is 20.5 Å². The molecule has 9 heteroatoms. The summed E-state index contributed by atoms with van der Waals surface area (Å²) in [7, 11) is 0. The van der Waals surface area contributed by atoms with Crippen molar-refractivity contribution >= 4 is 29.5 Å². The lowest BCUT2D eigenvalue weighted by molar-refractivity contribution is -0.120. The maximum atomic E-state index is 12.3. The lowest BCUT2D eigenvalue weighted by Gasteiger charge is -2.07. The first-order chi connectivity index (χ1) is 13.1. The molecular formula is C18H21N5O2S2. The first-order valence-electron chi connectivity index (χ1n) is 8.69. The van der Waals surface area contributed by atoms with E-state index in [9.17, 15) is 4.79 Å². The number of carbonyl (C=O) groups is 1. The predicted molar refractivity (Wildman–Crippen MR) is 107 cm³/mol. The summed E-state index contributed by atoms with van der Waals surface area (Å²) in [6.45, 7) is 5.55. The number of hydrogen-bond acceptors (Lipinski definition) is 6. The van der Waals surface area contributed by atoms with Crippen molar-refractivity contribution < 1.29 is 9.53 Å². The van der Waals surface area contributed by atoms with Crippen LogP contribution < -0.4 is 10.1 Å². The number of carbonyl (C=O) groups excluding carboxylic acids is 1. The van der Waals surface area contributed by atoms with Gasteiger partial charge < -0.3 is 14.6 Å². The van der Waals surface area contributed by atoms with Crippen LogP contribution in [0.15, 0.2) is 29.6 Å². The molecule has 27 heavy (non-hydrogen) atoms. The average molecular weight is 404 g/mol. The summed E-state index contributed by atoms with van der Waals surface area (Å²) in [4.78, 5) is 16.9. The number of aromatic amines is 1. The number of ether oxygens (including phenoxy) is 1. The van der Waals surface area contributed by atoms with Crippen LogP contribution in [0, 0.1) is 4.77 Å². The molecule has 0 aliphatic rings. The van der Waals surface area contributed by atoms with Crippen molar-refractivity contribution in [1.82, 2.24) is 25.1 Å². The van der Waals surface area contributed by atoms with Gasteiger partial charge >= 0.3 is 0 Å². The highest BCUT2D eigenvalue weighted by Gasteiger charge is 2.13. The topological polar surface area (TPSA) is 84.8 Å². The number of rotatable bonds is 8. The van der Waals surface area contributed by atoms with Crippen LogP contribution in [0.3, 0.4) is 0 Å². The number of hydrogen-bond donors (Lipinski definition) is 2. The molecule has 3 rings (SSSR count). The SMILES string of the molecule is CCOc1ccccc1-c1nc(CC(=O)NCc2n[nH]c(=S)n2CC)cs1. The zero-order valence-corrected chi connectivity index (χ0v) is 16.8. The van der Waals surface area contributed by atoms with Crippen LogP contribution in [0.25, 0.3) is 10.6 Å². The second-order valence-corrected chi connectivity index (χ2v) is 6.96. The standard InChI is InChI=1S/C18H21N5O2S2/c1-3-23-15(21-22-18(23)26)10-19-16(24)9-12-11-27-17(20-12)13-7-5-6-8-14(13)25-4-2/h5-8,11H,3-4,9-10H2,1-2H3,(H,19,24)(H,22,26). The molecule has 0 atom stereocenters. The molecule has 1 amide bonds. The molecule has 0 fully saturated rings. The molecule has 0 saturated carbocycles. The third-order valence-electron chi connectivity index (χ3n) is 3.91. The van der Waals surface area contributed by atoms with Gasteiger partial charge in [-0.1, -0.05) is 12.1 Å². The fourth-order valence-corrected chi connectivity index (χ4v) is 3.78. The zero-order valence-electron chi connectivity index (χ0n) is 15.2. The summed E-state index contributed by atoms with van der Waals surface area (Å²) < 4.78 is 8.06. The molecule has 2 heterocycles. The van der Waals surface area contributed by atoms with Crippen LogP contribution in [-0.4, -0.2) is 32.3 Å². The quantitative estimate of drug-likeness (QED) is 0.564. The lowest BCUT2D eigenvalue weighted by atomic mass is 10.2. The Morgan fingerprint density at radius 3 is 2.96 bits per heavy atom. The summed E-state index contributed by atoms with van der Waals surface area (Å²) in [5.74, 6) is 1.40. The number of para-hydroxylation sites is 1. The molecule has 2 aromatic heterocycles. The third-order valence-corrected chi connectivity index (χ3v) is 5.14. The van der Waals surface area contributed by atoms with Gasteiger partial charge in [0.25, 0.3) is 0 Å². The van der Waals surface area contributed by atoms with Crippen LogP contribution >= 0.6 is 23.6 Å². The molecule has 0 aliphatic heterocycles. The minimum atomic E-state index is -0.110. The van der Waals surface area contributed by atoms with Gasteiger partial charge in [-0.05, 0) is 38.2 Å². The van der Waals surface area contributed by atoms with Crippen LogP contribution in [0.5, 0.6) is 5.75 Å². The predicted octanol–water partition coefficient (Wildman–Crippen LogP) is 3.34. The van der Waals surface area contributed by atoms with E-state index in [0.717, 1.165) is 22.0 Å². The van der Waals surface area contributed by atoms with Gasteiger partial charge in [0.05, 0.1) is 30.8 Å². The Labute approximate surface area is 166 Å². The summed E-state index contributed by atoms with van der Waals surface area (Å²) in [6, 6.07) is 7.78. The number of nitrogens with zero attached hydrogens (tertiary/aromatic N) is 3. The minimum Gasteiger partial charge on any atom is -0.493 e. The van der Waals surface area contributed by atoms with Crippen LogP contribution in [0.2, 0.25) is 0 Å². The Morgan fingerprint density at radius 2 is 2.19 bits per heavy atom. The zero-order chi connectivity index (χ0) is 19.2. The van der Waals surface area contributed by atoms with Crippen molar-refractivity contribution in [3.63, 3.8) is 0 Å². The number of benzene rings is 1. The highest BCUT2D eigenvalue weighted by Crippen LogP contribution is 2.32. The number of nitrogens with one attached hydrogen (secondary N) is 2. The molecule has 142 valence electrons. The van der Waals surface area contributed by atoms with Gasteiger partial charge in [-0.25, -0.2) is 4.98 Å². The van der Waals surface area contributed by atoms with Crippen molar-refractivity contribution in [3.8, 4) is 16.3 Å². The number of aromatic nitrogens is 4. The Bertz CT molecular complexity index is 976. The number of amides is 1. The highest BCUT2D eigenvalue weighted by molar-refractivity contribution is 7.71. The average Bonchev–Trinajstić information content (AvgIpc) is 3.27. The first kappa shape index (κ1) is 19.2. The van der Waals surface area contributed by atoms with Crippen molar-refractivity contribution in [2.24, 2.45) is 0 Å². The van der Waals surface area contributed by atoms with Crippen molar-refractivity contribution in [2.75, 3.05) is 6.61 Å². The van der Waals surface area contributed by atoms with Crippen LogP contribution in [0.1, 0.15) is 25.4 Å². The molecule has 1 aromatic carbocycles. The van der Waals surface area contributed by atoms with Crippen LogP contribution in [0.4, 0.5) is 0 Å². The van der Waals surface area contributed by atoms with E-state index in [0.29, 0.717) is 30.3 Å². The summed E-state index contributed by atoms with van der Waals surface area (Å²) in [5, 5.41) is 12.5. The molecule has 0 bridgehead atoms. The molecule has 3 aromatic rings. The van der Waals surface area contributed by atoms with E-state index in [4.69, 9.17) is 17.0 Å². The molecular weight excluding hydrogens is 382 g/mol. The van der Waals surface area contributed by atoms with Gasteiger partial charge in [0.15, 0.2) is 10.6 Å². The van der Waals surface area contributed by atoms with Gasteiger partial charge in [0.2, 0.25) is 5.91 Å². The molecule has 0 spiro atoms. The molecule has 0 unspecified atom stereocenters. The van der Waals surface area contributed by atoms with Gasteiger partial charge in [-0.15, -0.1) is 11.3 Å². The smallest absolute Gasteiger partial charge is 0.226 e. The largest absolute Gasteiger partial charge is 0.493 e. The Morgan fingerprint density at radius 1 is 1.37 bits per heavy atom. The normalized spacial score (nSPS) is 10.7. The third kappa shape index (κ3) is 4.61. The second-order valence-electron chi connectivity index (χ2n) is 5.72. The molecule has 0 radical (unpaired) electrons. The van der Waals surface area contributed by atoms with E-state index >= 15 is 0 Å². The van der Waals surface area contributed by atoms with E-state index in [1.165, 1.54) is 11.3 Å². The Balaban J connectivity index is 1.64. The maximum absolute atomic E-state index is 12.3. The second kappa shape index (κ2) is 8.92. The fraction of sp³-hybridized carbons (Fsp3) is 0.333. The lowest BCUT2D eigenvalue weighted by Crippen LogP contribution is -2.26. The van der Waals surface area contributed by atoms with Gasteiger partial charge in [-0.3, -0.25) is 9.89 Å². The molecule has 2 N–H and O–H groups in total. The summed E-state index contributed by atoms with van der Waals surface area (Å²) >= 11 is 6.65. The molecule has 7 nitrogen and oxygen atoms in total. The highest BCUT2D eigenvalue weighted by atomic mass is 32.1. The van der Waals surface area contributed by atoms with Crippen molar-refractivity contribution in [1.29, 1.82) is 0 Å². The monoisotopic (exact) mass is 403 g/mol. The van der Waals surface area contributed by atoms with Crippen LogP contribution in [-0.2, 0) is 24.3 Å². The van der Waals surface area contributed by atoms with E-state index in [-0.39, 0.29) is 12.3 Å². The summed E-state index contributed by atoms with van der Waals surface area (Å²) in [5.41, 5.74) is 1.67. The molecule has 0 aliphatic carbocycles. The Hall–Kier alpha value is -2.52.